The summed E-state index contributed by atoms with van der Waals surface area (Å²) in [5.74, 6) is -0.527. The van der Waals surface area contributed by atoms with Crippen LogP contribution < -0.4 is 5.32 Å². The molecule has 2 rings (SSSR count). The zero-order valence-electron chi connectivity index (χ0n) is 9.53. The number of nitrogens with one attached hydrogen (secondary N) is 1. The van der Waals surface area contributed by atoms with Crippen molar-refractivity contribution >= 4 is 18.4 Å². The van der Waals surface area contributed by atoms with Crippen LogP contribution in [-0.4, -0.2) is 18.6 Å². The number of carbonyl (C=O) groups excluding carboxylic acids is 1. The van der Waals surface area contributed by atoms with Gasteiger partial charge < -0.3 is 10.1 Å². The first-order valence-electron chi connectivity index (χ1n) is 5.38. The van der Waals surface area contributed by atoms with Gasteiger partial charge in [0.1, 0.15) is 11.9 Å². The lowest BCUT2D eigenvalue weighted by atomic mass is 9.96. The highest BCUT2D eigenvalue weighted by Gasteiger charge is 2.25. The number of esters is 1. The summed E-state index contributed by atoms with van der Waals surface area (Å²) in [5, 5.41) is 3.08. The first kappa shape index (κ1) is 13.9. The van der Waals surface area contributed by atoms with Gasteiger partial charge in [0.2, 0.25) is 0 Å². The Morgan fingerprint density at radius 1 is 1.53 bits per heavy atom. The third kappa shape index (κ3) is 3.17. The second-order valence-electron chi connectivity index (χ2n) is 3.80. The van der Waals surface area contributed by atoms with Gasteiger partial charge in [-0.25, -0.2) is 4.39 Å². The van der Waals surface area contributed by atoms with Crippen LogP contribution >= 0.6 is 12.4 Å². The van der Waals surface area contributed by atoms with Crippen LogP contribution in [0.2, 0.25) is 0 Å². The van der Waals surface area contributed by atoms with Crippen molar-refractivity contribution in [2.24, 2.45) is 0 Å². The third-order valence-electron chi connectivity index (χ3n) is 2.70. The zero-order chi connectivity index (χ0) is 11.5. The van der Waals surface area contributed by atoms with E-state index in [0.29, 0.717) is 19.6 Å². The number of rotatable bonds is 2. The molecule has 0 radical (unpaired) electrons. The molecule has 1 heterocycles. The highest BCUT2D eigenvalue weighted by atomic mass is 35.5. The van der Waals surface area contributed by atoms with Crippen LogP contribution in [0.4, 0.5) is 4.39 Å². The van der Waals surface area contributed by atoms with E-state index in [2.05, 4.69) is 5.32 Å². The van der Waals surface area contributed by atoms with Gasteiger partial charge in [0.25, 0.3) is 0 Å². The van der Waals surface area contributed by atoms with Crippen molar-refractivity contribution in [1.29, 1.82) is 0 Å². The largest absolute Gasteiger partial charge is 0.465 e. The molecule has 0 amide bonds. The van der Waals surface area contributed by atoms with E-state index < -0.39 is 0 Å². The SMILES string of the molecule is CCOC(=O)[C@H]1Cc2cc(F)ccc2CN1.Cl. The first-order chi connectivity index (χ1) is 7.70. The molecule has 0 aromatic heterocycles. The van der Waals surface area contributed by atoms with E-state index >= 15 is 0 Å². The van der Waals surface area contributed by atoms with Crippen molar-refractivity contribution in [1.82, 2.24) is 5.32 Å². The van der Waals surface area contributed by atoms with Gasteiger partial charge in [0.05, 0.1) is 6.61 Å². The Hall–Kier alpha value is -1.13. The lowest BCUT2D eigenvalue weighted by Crippen LogP contribution is -2.42. The molecular weight excluding hydrogens is 245 g/mol. The summed E-state index contributed by atoms with van der Waals surface area (Å²) in [7, 11) is 0. The molecule has 0 saturated carbocycles. The quantitative estimate of drug-likeness (QED) is 0.824. The Kier molecular flexibility index (Phi) is 4.90. The van der Waals surface area contributed by atoms with E-state index in [4.69, 9.17) is 4.74 Å². The van der Waals surface area contributed by atoms with Gasteiger partial charge in [-0.15, -0.1) is 12.4 Å². The fraction of sp³-hybridized carbons (Fsp3) is 0.417. The van der Waals surface area contributed by atoms with Gasteiger partial charge in [0, 0.05) is 6.54 Å². The summed E-state index contributed by atoms with van der Waals surface area (Å²) in [6.07, 6.45) is 0.492. The van der Waals surface area contributed by atoms with Crippen molar-refractivity contribution in [2.45, 2.75) is 25.9 Å². The highest BCUT2D eigenvalue weighted by molar-refractivity contribution is 5.85. The Morgan fingerprint density at radius 2 is 2.29 bits per heavy atom. The lowest BCUT2D eigenvalue weighted by molar-refractivity contribution is -0.145. The van der Waals surface area contributed by atoms with Gasteiger partial charge in [-0.3, -0.25) is 4.79 Å². The molecule has 94 valence electrons. The summed E-state index contributed by atoms with van der Waals surface area (Å²) in [6.45, 7) is 2.72. The summed E-state index contributed by atoms with van der Waals surface area (Å²) in [5.41, 5.74) is 1.93. The van der Waals surface area contributed by atoms with E-state index in [1.807, 2.05) is 0 Å². The number of halogens is 2. The van der Waals surface area contributed by atoms with E-state index in [-0.39, 0.29) is 30.2 Å². The van der Waals surface area contributed by atoms with Crippen LogP contribution in [0.3, 0.4) is 0 Å². The molecule has 1 atom stereocenters. The number of benzene rings is 1. The molecule has 3 nitrogen and oxygen atoms in total. The Morgan fingerprint density at radius 3 is 3.00 bits per heavy atom. The minimum atomic E-state index is -0.353. The molecule has 5 heteroatoms. The van der Waals surface area contributed by atoms with Crippen LogP contribution in [0.15, 0.2) is 18.2 Å². The number of ether oxygens (including phenoxy) is 1. The lowest BCUT2D eigenvalue weighted by Gasteiger charge is -2.24. The van der Waals surface area contributed by atoms with Gasteiger partial charge in [-0.2, -0.15) is 0 Å². The number of fused-ring (bicyclic) bond motifs is 1. The second-order valence-corrected chi connectivity index (χ2v) is 3.80. The van der Waals surface area contributed by atoms with Crippen LogP contribution in [0, 0.1) is 5.82 Å². The maximum Gasteiger partial charge on any atom is 0.323 e. The monoisotopic (exact) mass is 259 g/mol. The molecule has 0 unspecified atom stereocenters. The van der Waals surface area contributed by atoms with Crippen molar-refractivity contribution in [3.63, 3.8) is 0 Å². The molecule has 17 heavy (non-hydrogen) atoms. The standard InChI is InChI=1S/C12H14FNO2.ClH/c1-2-16-12(15)11-6-9-5-10(13)4-3-8(9)7-14-11;/h3-5,11,14H,2,6-7H2,1H3;1H/t11-;/m1./s1. The number of hydrogen-bond acceptors (Lipinski definition) is 3. The third-order valence-corrected chi connectivity index (χ3v) is 2.70. The molecule has 1 aromatic carbocycles. The average molecular weight is 260 g/mol. The van der Waals surface area contributed by atoms with Crippen molar-refractivity contribution < 1.29 is 13.9 Å². The van der Waals surface area contributed by atoms with Crippen LogP contribution in [0.25, 0.3) is 0 Å². The normalized spacial score (nSPS) is 17.9. The van der Waals surface area contributed by atoms with Gasteiger partial charge in [0.15, 0.2) is 0 Å². The zero-order valence-corrected chi connectivity index (χ0v) is 10.3. The van der Waals surface area contributed by atoms with Gasteiger partial charge >= 0.3 is 5.97 Å². The Labute approximate surface area is 106 Å². The maximum atomic E-state index is 13.0. The van der Waals surface area contributed by atoms with E-state index in [9.17, 15) is 9.18 Å². The predicted molar refractivity (Wildman–Crippen MR) is 64.6 cm³/mol. The van der Waals surface area contributed by atoms with E-state index in [1.54, 1.807) is 13.0 Å². The summed E-state index contributed by atoms with van der Waals surface area (Å²) in [6, 6.07) is 4.32. The first-order valence-corrected chi connectivity index (χ1v) is 5.38. The fourth-order valence-electron chi connectivity index (χ4n) is 1.89. The molecule has 1 aliphatic rings. The van der Waals surface area contributed by atoms with Gasteiger partial charge in [-0.1, -0.05) is 6.07 Å². The van der Waals surface area contributed by atoms with Gasteiger partial charge in [-0.05, 0) is 36.6 Å². The summed E-state index contributed by atoms with van der Waals surface area (Å²) >= 11 is 0. The molecule has 0 saturated heterocycles. The molecule has 0 aliphatic carbocycles. The second kappa shape index (κ2) is 5.98. The molecule has 0 bridgehead atoms. The minimum absolute atomic E-state index is 0. The molecule has 1 aliphatic heterocycles. The molecular formula is C12H15ClFNO2. The van der Waals surface area contributed by atoms with Crippen LogP contribution in [0.1, 0.15) is 18.1 Å². The number of carbonyl (C=O) groups is 1. The van der Waals surface area contributed by atoms with Crippen molar-refractivity contribution in [3.8, 4) is 0 Å². The summed E-state index contributed by atoms with van der Waals surface area (Å²) < 4.78 is 18.0. The molecule has 1 N–H and O–H groups in total. The molecule has 1 aromatic rings. The minimum Gasteiger partial charge on any atom is -0.465 e. The van der Waals surface area contributed by atoms with Crippen LogP contribution in [0.5, 0.6) is 0 Å². The van der Waals surface area contributed by atoms with Crippen molar-refractivity contribution in [3.05, 3.63) is 35.1 Å². The molecule has 0 fully saturated rings. The Bertz CT molecular complexity index is 411. The van der Waals surface area contributed by atoms with Crippen LogP contribution in [-0.2, 0) is 22.5 Å². The predicted octanol–water partition coefficient (Wildman–Crippen LogP) is 1.82. The highest BCUT2D eigenvalue weighted by Crippen LogP contribution is 2.18. The molecule has 0 spiro atoms. The smallest absolute Gasteiger partial charge is 0.323 e. The topological polar surface area (TPSA) is 38.3 Å². The van der Waals surface area contributed by atoms with E-state index in [0.717, 1.165) is 11.1 Å². The average Bonchev–Trinajstić information content (AvgIpc) is 2.28. The summed E-state index contributed by atoms with van der Waals surface area (Å²) in [4.78, 5) is 11.5. The maximum absolute atomic E-state index is 13.0. The van der Waals surface area contributed by atoms with E-state index in [1.165, 1.54) is 12.1 Å². The fourth-order valence-corrected chi connectivity index (χ4v) is 1.89. The number of hydrogen-bond donors (Lipinski definition) is 1. The van der Waals surface area contributed by atoms with Crippen molar-refractivity contribution in [2.75, 3.05) is 6.61 Å². The Balaban J connectivity index is 0.00000144.